The lowest BCUT2D eigenvalue weighted by Gasteiger charge is -2.08. The van der Waals surface area contributed by atoms with Crippen LogP contribution in [0.15, 0.2) is 18.2 Å². The van der Waals surface area contributed by atoms with Gasteiger partial charge in [-0.15, -0.1) is 11.6 Å². The summed E-state index contributed by atoms with van der Waals surface area (Å²) >= 11 is 5.50. The number of carbonyl (C=O) groups excluding carboxylic acids is 1. The average molecular weight is 213 g/mol. The van der Waals surface area contributed by atoms with Gasteiger partial charge in [0.25, 0.3) is 0 Å². The SMILES string of the molecule is CC(=O)c1cc(C)ccc1OCCCl. The normalized spacial score (nSPS) is 9.93. The molecule has 0 aliphatic heterocycles. The fourth-order valence-corrected chi connectivity index (χ4v) is 1.27. The number of rotatable bonds is 4. The standard InChI is InChI=1S/C11H13ClO2/c1-8-3-4-11(14-6-5-12)10(7-8)9(2)13/h3-4,7H,5-6H2,1-2H3. The molecule has 0 fully saturated rings. The lowest BCUT2D eigenvalue weighted by molar-refractivity contribution is 0.101. The van der Waals surface area contributed by atoms with E-state index in [1.54, 1.807) is 6.07 Å². The Kier molecular flexibility index (Phi) is 3.96. The second kappa shape index (κ2) is 5.01. The van der Waals surface area contributed by atoms with Gasteiger partial charge >= 0.3 is 0 Å². The number of aryl methyl sites for hydroxylation is 1. The van der Waals surface area contributed by atoms with Crippen LogP contribution >= 0.6 is 11.6 Å². The molecule has 0 bridgehead atoms. The van der Waals surface area contributed by atoms with E-state index in [0.29, 0.717) is 23.8 Å². The molecular formula is C11H13ClO2. The third-order valence-corrected chi connectivity index (χ3v) is 2.00. The summed E-state index contributed by atoms with van der Waals surface area (Å²) in [6.07, 6.45) is 0. The minimum absolute atomic E-state index is 0.0123. The lowest BCUT2D eigenvalue weighted by Crippen LogP contribution is -2.03. The van der Waals surface area contributed by atoms with Crippen LogP contribution in [0.4, 0.5) is 0 Å². The van der Waals surface area contributed by atoms with Crippen LogP contribution in [0.25, 0.3) is 0 Å². The summed E-state index contributed by atoms with van der Waals surface area (Å²) in [6.45, 7) is 3.89. The van der Waals surface area contributed by atoms with Gasteiger partial charge in [-0.3, -0.25) is 4.79 Å². The van der Waals surface area contributed by atoms with Gasteiger partial charge < -0.3 is 4.74 Å². The first-order chi connectivity index (χ1) is 6.65. The second-order valence-corrected chi connectivity index (χ2v) is 3.47. The van der Waals surface area contributed by atoms with E-state index in [9.17, 15) is 4.79 Å². The summed E-state index contributed by atoms with van der Waals surface area (Å²) in [4.78, 5) is 11.3. The molecule has 14 heavy (non-hydrogen) atoms. The summed E-state index contributed by atoms with van der Waals surface area (Å²) in [5, 5.41) is 0. The number of alkyl halides is 1. The van der Waals surface area contributed by atoms with E-state index < -0.39 is 0 Å². The van der Waals surface area contributed by atoms with Crippen LogP contribution in [0.2, 0.25) is 0 Å². The first-order valence-corrected chi connectivity index (χ1v) is 4.99. The highest BCUT2D eigenvalue weighted by Crippen LogP contribution is 2.20. The highest BCUT2D eigenvalue weighted by atomic mass is 35.5. The molecule has 0 heterocycles. The molecule has 76 valence electrons. The predicted molar refractivity (Wildman–Crippen MR) is 57.4 cm³/mol. The molecule has 2 nitrogen and oxygen atoms in total. The van der Waals surface area contributed by atoms with Crippen molar-refractivity contribution in [3.8, 4) is 5.75 Å². The van der Waals surface area contributed by atoms with Crippen molar-refractivity contribution in [3.63, 3.8) is 0 Å². The van der Waals surface area contributed by atoms with E-state index in [-0.39, 0.29) is 5.78 Å². The quantitative estimate of drug-likeness (QED) is 0.567. The molecule has 0 atom stereocenters. The van der Waals surface area contributed by atoms with Crippen molar-refractivity contribution < 1.29 is 9.53 Å². The van der Waals surface area contributed by atoms with Crippen molar-refractivity contribution in [2.75, 3.05) is 12.5 Å². The molecular weight excluding hydrogens is 200 g/mol. The summed E-state index contributed by atoms with van der Waals surface area (Å²) in [5.41, 5.74) is 1.67. The Labute approximate surface area is 88.8 Å². The molecule has 0 radical (unpaired) electrons. The number of carbonyl (C=O) groups is 1. The monoisotopic (exact) mass is 212 g/mol. The third kappa shape index (κ3) is 2.74. The van der Waals surface area contributed by atoms with E-state index in [1.807, 2.05) is 19.1 Å². The van der Waals surface area contributed by atoms with Crippen LogP contribution in [-0.4, -0.2) is 18.3 Å². The molecule has 0 aliphatic rings. The van der Waals surface area contributed by atoms with E-state index >= 15 is 0 Å². The Hall–Kier alpha value is -1.02. The van der Waals surface area contributed by atoms with Crippen molar-refractivity contribution in [2.45, 2.75) is 13.8 Å². The van der Waals surface area contributed by atoms with Gasteiger partial charge in [-0.1, -0.05) is 11.6 Å². The number of ether oxygens (including phenoxy) is 1. The van der Waals surface area contributed by atoms with Crippen LogP contribution in [-0.2, 0) is 0 Å². The summed E-state index contributed by atoms with van der Waals surface area (Å²) < 4.78 is 5.35. The minimum Gasteiger partial charge on any atom is -0.492 e. The summed E-state index contributed by atoms with van der Waals surface area (Å²) in [5.74, 6) is 1.05. The molecule has 0 saturated heterocycles. The molecule has 3 heteroatoms. The largest absolute Gasteiger partial charge is 0.492 e. The van der Waals surface area contributed by atoms with E-state index in [1.165, 1.54) is 6.92 Å². The molecule has 1 aromatic carbocycles. The first kappa shape index (κ1) is 11.1. The van der Waals surface area contributed by atoms with Crippen molar-refractivity contribution in [1.82, 2.24) is 0 Å². The average Bonchev–Trinajstić information content (AvgIpc) is 2.15. The fourth-order valence-electron chi connectivity index (χ4n) is 1.19. The van der Waals surface area contributed by atoms with Crippen molar-refractivity contribution in [2.24, 2.45) is 0 Å². The van der Waals surface area contributed by atoms with Gasteiger partial charge in [0.2, 0.25) is 0 Å². The number of hydrogen-bond donors (Lipinski definition) is 0. The number of Topliss-reactive ketones (excluding diaryl/α,β-unsaturated/α-hetero) is 1. The van der Waals surface area contributed by atoms with Crippen LogP contribution < -0.4 is 4.74 Å². The zero-order chi connectivity index (χ0) is 10.6. The van der Waals surface area contributed by atoms with Gasteiger partial charge in [0.1, 0.15) is 12.4 Å². The predicted octanol–water partition coefficient (Wildman–Crippen LogP) is 2.82. The first-order valence-electron chi connectivity index (χ1n) is 4.45. The second-order valence-electron chi connectivity index (χ2n) is 3.09. The van der Waals surface area contributed by atoms with Crippen molar-refractivity contribution in [3.05, 3.63) is 29.3 Å². The van der Waals surface area contributed by atoms with Gasteiger partial charge in [-0.05, 0) is 26.0 Å². The van der Waals surface area contributed by atoms with Crippen LogP contribution in [0, 0.1) is 6.92 Å². The summed E-state index contributed by atoms with van der Waals surface area (Å²) in [6, 6.07) is 5.54. The zero-order valence-corrected chi connectivity index (χ0v) is 9.10. The molecule has 0 unspecified atom stereocenters. The topological polar surface area (TPSA) is 26.3 Å². The zero-order valence-electron chi connectivity index (χ0n) is 8.34. The van der Waals surface area contributed by atoms with Crippen molar-refractivity contribution >= 4 is 17.4 Å². The molecule has 1 aromatic rings. The maximum absolute atomic E-state index is 11.3. The van der Waals surface area contributed by atoms with E-state index in [0.717, 1.165) is 5.56 Å². The van der Waals surface area contributed by atoms with E-state index in [4.69, 9.17) is 16.3 Å². The maximum Gasteiger partial charge on any atom is 0.163 e. The van der Waals surface area contributed by atoms with Gasteiger partial charge in [0.15, 0.2) is 5.78 Å². The number of benzene rings is 1. The van der Waals surface area contributed by atoms with E-state index in [2.05, 4.69) is 0 Å². The highest BCUT2D eigenvalue weighted by Gasteiger charge is 2.07. The summed E-state index contributed by atoms with van der Waals surface area (Å²) in [7, 11) is 0. The number of hydrogen-bond acceptors (Lipinski definition) is 2. The fraction of sp³-hybridized carbons (Fsp3) is 0.364. The van der Waals surface area contributed by atoms with Crippen LogP contribution in [0.1, 0.15) is 22.8 Å². The molecule has 1 rings (SSSR count). The number of halogens is 1. The molecule has 0 saturated carbocycles. The van der Waals surface area contributed by atoms with Gasteiger partial charge in [-0.25, -0.2) is 0 Å². The highest BCUT2D eigenvalue weighted by molar-refractivity contribution is 6.18. The lowest BCUT2D eigenvalue weighted by atomic mass is 10.1. The Bertz CT molecular complexity index is 334. The van der Waals surface area contributed by atoms with Crippen LogP contribution in [0.3, 0.4) is 0 Å². The Morgan fingerprint density at radius 2 is 2.21 bits per heavy atom. The molecule has 0 amide bonds. The van der Waals surface area contributed by atoms with Gasteiger partial charge in [0, 0.05) is 0 Å². The molecule has 0 N–H and O–H groups in total. The molecule has 0 spiro atoms. The maximum atomic E-state index is 11.3. The smallest absolute Gasteiger partial charge is 0.163 e. The molecule has 0 aromatic heterocycles. The Balaban J connectivity index is 2.96. The minimum atomic E-state index is 0.0123. The Morgan fingerprint density at radius 1 is 1.50 bits per heavy atom. The van der Waals surface area contributed by atoms with Crippen molar-refractivity contribution in [1.29, 1.82) is 0 Å². The molecule has 0 aliphatic carbocycles. The Morgan fingerprint density at radius 3 is 2.79 bits per heavy atom. The number of ketones is 1. The third-order valence-electron chi connectivity index (χ3n) is 1.85. The van der Waals surface area contributed by atoms with Crippen LogP contribution in [0.5, 0.6) is 5.75 Å². The van der Waals surface area contributed by atoms with Gasteiger partial charge in [0.05, 0.1) is 11.4 Å². The van der Waals surface area contributed by atoms with Gasteiger partial charge in [-0.2, -0.15) is 0 Å².